The zero-order chi connectivity index (χ0) is 13.8. The molecule has 6 heteroatoms. The van der Waals surface area contributed by atoms with Crippen LogP contribution in [-0.4, -0.2) is 15.3 Å². The highest BCUT2D eigenvalue weighted by Gasteiger charge is 2.32. The number of hydrogen-bond acceptors (Lipinski definition) is 5. The molecule has 19 heavy (non-hydrogen) atoms. The van der Waals surface area contributed by atoms with E-state index in [2.05, 4.69) is 18.8 Å². The van der Waals surface area contributed by atoms with Crippen molar-refractivity contribution in [3.05, 3.63) is 21.8 Å². The minimum atomic E-state index is -0.141. The van der Waals surface area contributed by atoms with Crippen LogP contribution in [0.4, 0.5) is 0 Å². The van der Waals surface area contributed by atoms with Gasteiger partial charge in [0, 0.05) is 11.3 Å². The molecule has 0 unspecified atom stereocenters. The number of nitrogens with one attached hydrogen (secondary N) is 1. The molecular formula is C13H18N4OS. The summed E-state index contributed by atoms with van der Waals surface area (Å²) in [6.45, 7) is 6.69. The number of nitrogens with two attached hydrogens (primary N) is 1. The molecule has 0 saturated heterocycles. The van der Waals surface area contributed by atoms with Crippen LogP contribution in [0.2, 0.25) is 0 Å². The Morgan fingerprint density at radius 2 is 2.32 bits per heavy atom. The zero-order valence-corrected chi connectivity index (χ0v) is 12.2. The molecule has 0 spiro atoms. The molecule has 1 atom stereocenters. The molecule has 3 rings (SSSR count). The van der Waals surface area contributed by atoms with Crippen molar-refractivity contribution in [3.8, 4) is 0 Å². The van der Waals surface area contributed by atoms with Crippen LogP contribution >= 0.6 is 11.3 Å². The summed E-state index contributed by atoms with van der Waals surface area (Å²) in [4.78, 5) is 6.58. The third kappa shape index (κ3) is 1.78. The molecule has 3 N–H and O–H groups in total. The van der Waals surface area contributed by atoms with Crippen molar-refractivity contribution in [1.29, 1.82) is 5.41 Å². The van der Waals surface area contributed by atoms with Crippen LogP contribution in [0.1, 0.15) is 36.5 Å². The van der Waals surface area contributed by atoms with E-state index in [4.69, 9.17) is 16.0 Å². The molecule has 1 aliphatic rings. The molecule has 2 aromatic heterocycles. The minimum absolute atomic E-state index is 0.141. The number of rotatable bonds is 1. The fourth-order valence-electron chi connectivity index (χ4n) is 2.50. The van der Waals surface area contributed by atoms with E-state index >= 15 is 0 Å². The van der Waals surface area contributed by atoms with Crippen LogP contribution in [0.3, 0.4) is 0 Å². The van der Waals surface area contributed by atoms with Gasteiger partial charge in [-0.3, -0.25) is 5.41 Å². The Labute approximate surface area is 115 Å². The largest absolute Gasteiger partial charge is 0.369 e. The summed E-state index contributed by atoms with van der Waals surface area (Å²) < 4.78 is 7.31. The minimum Gasteiger partial charge on any atom is -0.369 e. The highest BCUT2D eigenvalue weighted by Crippen LogP contribution is 2.38. The van der Waals surface area contributed by atoms with E-state index in [0.29, 0.717) is 17.9 Å². The highest BCUT2D eigenvalue weighted by atomic mass is 32.1. The monoisotopic (exact) mass is 278 g/mol. The van der Waals surface area contributed by atoms with Gasteiger partial charge >= 0.3 is 0 Å². The Morgan fingerprint density at radius 3 is 3.00 bits per heavy atom. The van der Waals surface area contributed by atoms with Crippen molar-refractivity contribution in [2.75, 3.05) is 5.84 Å². The average Bonchev–Trinajstić information content (AvgIpc) is 2.73. The summed E-state index contributed by atoms with van der Waals surface area (Å²) in [6.07, 6.45) is 1.79. The van der Waals surface area contributed by atoms with Crippen LogP contribution in [0.15, 0.2) is 0 Å². The first-order valence-electron chi connectivity index (χ1n) is 6.42. The van der Waals surface area contributed by atoms with Crippen LogP contribution < -0.4 is 11.3 Å². The van der Waals surface area contributed by atoms with Crippen LogP contribution in [-0.2, 0) is 17.8 Å². The van der Waals surface area contributed by atoms with Gasteiger partial charge < -0.3 is 10.6 Å². The number of thiophene rings is 1. The fraction of sp³-hybridized carbons (Fsp3) is 0.538. The zero-order valence-electron chi connectivity index (χ0n) is 11.4. The number of ether oxygens (including phenoxy) is 1. The number of nitrogens with zero attached hydrogens (tertiary/aromatic N) is 2. The maximum atomic E-state index is 8.24. The predicted octanol–water partition coefficient (Wildman–Crippen LogP) is 1.84. The number of nitrogen functional groups attached to an aromatic ring is 1. The number of aryl methyl sites for hydroxylation is 1. The maximum absolute atomic E-state index is 8.24. The lowest BCUT2D eigenvalue weighted by Gasteiger charge is -2.33. The average molecular weight is 278 g/mol. The van der Waals surface area contributed by atoms with Gasteiger partial charge in [0.05, 0.1) is 17.6 Å². The van der Waals surface area contributed by atoms with Gasteiger partial charge in [-0.05, 0) is 25.8 Å². The Morgan fingerprint density at radius 1 is 1.58 bits per heavy atom. The van der Waals surface area contributed by atoms with Crippen LogP contribution in [0.25, 0.3) is 10.2 Å². The van der Waals surface area contributed by atoms with Crippen molar-refractivity contribution in [3.63, 3.8) is 0 Å². The van der Waals surface area contributed by atoms with Crippen molar-refractivity contribution in [1.82, 2.24) is 9.66 Å². The van der Waals surface area contributed by atoms with Gasteiger partial charge in [-0.15, -0.1) is 11.3 Å². The Bertz CT molecular complexity index is 717. The van der Waals surface area contributed by atoms with Gasteiger partial charge in [0.1, 0.15) is 10.7 Å². The van der Waals surface area contributed by atoms with Gasteiger partial charge in [0.15, 0.2) is 5.49 Å². The molecule has 0 aliphatic carbocycles. The molecule has 0 fully saturated rings. The molecular weight excluding hydrogens is 260 g/mol. The van der Waals surface area contributed by atoms with Crippen LogP contribution in [0.5, 0.6) is 0 Å². The Balaban J connectivity index is 2.29. The summed E-state index contributed by atoms with van der Waals surface area (Å²) >= 11 is 1.62. The van der Waals surface area contributed by atoms with E-state index in [-0.39, 0.29) is 5.60 Å². The second kappa shape index (κ2) is 4.05. The topological polar surface area (TPSA) is 76.9 Å². The van der Waals surface area contributed by atoms with E-state index in [1.165, 1.54) is 15.1 Å². The summed E-state index contributed by atoms with van der Waals surface area (Å²) in [5.74, 6) is 6.54. The summed E-state index contributed by atoms with van der Waals surface area (Å²) in [5.41, 5.74) is 1.41. The van der Waals surface area contributed by atoms with Gasteiger partial charge in [-0.1, -0.05) is 6.92 Å². The molecule has 0 saturated carbocycles. The Kier molecular flexibility index (Phi) is 2.69. The first-order valence-corrected chi connectivity index (χ1v) is 7.24. The third-order valence-electron chi connectivity index (χ3n) is 4.01. The molecule has 0 bridgehead atoms. The van der Waals surface area contributed by atoms with Crippen molar-refractivity contribution < 1.29 is 4.74 Å². The van der Waals surface area contributed by atoms with Gasteiger partial charge in [-0.25, -0.2) is 9.66 Å². The summed E-state index contributed by atoms with van der Waals surface area (Å²) in [6, 6.07) is 0. The van der Waals surface area contributed by atoms with E-state index < -0.39 is 0 Å². The first-order chi connectivity index (χ1) is 8.95. The van der Waals surface area contributed by atoms with E-state index in [0.717, 1.165) is 23.1 Å². The van der Waals surface area contributed by atoms with Gasteiger partial charge in [-0.2, -0.15) is 0 Å². The number of fused-ring (bicyclic) bond motifs is 3. The van der Waals surface area contributed by atoms with Gasteiger partial charge in [0.2, 0.25) is 0 Å². The summed E-state index contributed by atoms with van der Waals surface area (Å²) in [5, 5.41) is 9.14. The van der Waals surface area contributed by atoms with Crippen molar-refractivity contribution in [2.45, 2.75) is 45.8 Å². The SMILES string of the molecule is CC[C@]1(C)Cc2c(sc3nc(C)n(N)c(=N)c23)CO1. The molecule has 3 heterocycles. The van der Waals surface area contributed by atoms with E-state index in [1.54, 1.807) is 11.3 Å². The quantitative estimate of drug-likeness (QED) is 0.781. The molecule has 0 aromatic carbocycles. The normalized spacial score (nSPS) is 22.7. The second-order valence-electron chi connectivity index (χ2n) is 5.33. The first kappa shape index (κ1) is 12.6. The van der Waals surface area contributed by atoms with Crippen molar-refractivity contribution >= 4 is 21.6 Å². The highest BCUT2D eigenvalue weighted by molar-refractivity contribution is 7.18. The predicted molar refractivity (Wildman–Crippen MR) is 75.5 cm³/mol. The second-order valence-corrected chi connectivity index (χ2v) is 6.41. The Hall–Kier alpha value is -1.40. The van der Waals surface area contributed by atoms with E-state index in [9.17, 15) is 0 Å². The molecule has 0 amide bonds. The molecule has 2 aromatic rings. The standard InChI is InChI=1S/C13H18N4OS/c1-4-13(3)5-8-9(6-18-13)19-12-10(8)11(14)17(15)7(2)16-12/h14H,4-6,15H2,1-3H3/t13-/m1/s1. The maximum Gasteiger partial charge on any atom is 0.155 e. The van der Waals surface area contributed by atoms with Crippen molar-refractivity contribution in [2.24, 2.45) is 0 Å². The lowest BCUT2D eigenvalue weighted by atomic mass is 9.90. The lowest BCUT2D eigenvalue weighted by molar-refractivity contribution is -0.0543. The van der Waals surface area contributed by atoms with Crippen LogP contribution in [0, 0.1) is 12.3 Å². The van der Waals surface area contributed by atoms with Gasteiger partial charge in [0.25, 0.3) is 0 Å². The summed E-state index contributed by atoms with van der Waals surface area (Å²) in [7, 11) is 0. The third-order valence-corrected chi connectivity index (χ3v) is 5.11. The smallest absolute Gasteiger partial charge is 0.155 e. The lowest BCUT2D eigenvalue weighted by Crippen LogP contribution is -2.35. The molecule has 0 radical (unpaired) electrons. The fourth-order valence-corrected chi connectivity index (χ4v) is 3.65. The molecule has 1 aliphatic heterocycles. The molecule has 102 valence electrons. The molecule has 5 nitrogen and oxygen atoms in total. The number of hydrogen-bond donors (Lipinski definition) is 2. The number of aromatic nitrogens is 2. The van der Waals surface area contributed by atoms with E-state index in [1.807, 2.05) is 6.92 Å².